The molecular weight excluding hydrogens is 1540 g/mol. The second-order valence-electron chi connectivity index (χ2n) is 34.1. The van der Waals surface area contributed by atoms with E-state index in [2.05, 4.69) is 58.9 Å². The first-order chi connectivity index (χ1) is 57.1. The van der Waals surface area contributed by atoms with Crippen LogP contribution in [0.3, 0.4) is 0 Å². The highest BCUT2D eigenvalue weighted by atomic mass is 31.2. The minimum Gasteiger partial charge on any atom is -0.463 e. The van der Waals surface area contributed by atoms with Gasteiger partial charge < -0.3 is 88.7 Å². The molecular formula is C92H169O25P. The smallest absolute Gasteiger partial charge is 0.463 e. The Morgan fingerprint density at radius 3 is 1.11 bits per heavy atom. The van der Waals surface area contributed by atoms with Gasteiger partial charge in [-0.05, 0) is 83.0 Å². The van der Waals surface area contributed by atoms with E-state index in [9.17, 15) is 74.6 Å². The molecule has 0 radical (unpaired) electrons. The zero-order valence-corrected chi connectivity index (χ0v) is 74.8. The van der Waals surface area contributed by atoms with E-state index < -0.39 is 162 Å². The predicted octanol–water partition coefficient (Wildman–Crippen LogP) is 17.6. The first-order valence-electron chi connectivity index (χ1n) is 47.5. The van der Waals surface area contributed by atoms with Crippen molar-refractivity contribution in [2.45, 2.75) is 505 Å². The molecule has 0 spiro atoms. The van der Waals surface area contributed by atoms with Crippen LogP contribution in [-0.2, 0) is 70.7 Å². The van der Waals surface area contributed by atoms with Crippen LogP contribution in [0.4, 0.5) is 0 Å². The summed E-state index contributed by atoms with van der Waals surface area (Å²) in [4.78, 5) is 66.5. The van der Waals surface area contributed by atoms with Crippen LogP contribution in [0, 0.1) is 5.92 Å². The van der Waals surface area contributed by atoms with Crippen LogP contribution in [0.15, 0.2) is 24.3 Å². The molecule has 1 saturated carbocycles. The fourth-order valence-electron chi connectivity index (χ4n) is 15.7. The fourth-order valence-corrected chi connectivity index (χ4v) is 16.6. The van der Waals surface area contributed by atoms with Gasteiger partial charge in [-0.15, -0.1) is 0 Å². The average molecular weight is 1710 g/mol. The van der Waals surface area contributed by atoms with Crippen molar-refractivity contribution in [1.29, 1.82) is 0 Å². The minimum absolute atomic E-state index is 0.00663. The summed E-state index contributed by atoms with van der Waals surface area (Å²) >= 11 is 0. The van der Waals surface area contributed by atoms with E-state index in [0.29, 0.717) is 44.4 Å². The molecule has 0 bridgehead atoms. The maximum Gasteiger partial charge on any atom is 0.472 e. The third kappa shape index (κ3) is 50.2. The van der Waals surface area contributed by atoms with Crippen LogP contribution in [0.25, 0.3) is 0 Å². The predicted molar refractivity (Wildman–Crippen MR) is 458 cm³/mol. The lowest BCUT2D eigenvalue weighted by Gasteiger charge is -2.50. The molecule has 2 aliphatic heterocycles. The Morgan fingerprint density at radius 2 is 0.686 bits per heavy atom. The summed E-state index contributed by atoms with van der Waals surface area (Å²) in [6.07, 6.45) is 28.9. The number of phosphoric acid groups is 1. The minimum atomic E-state index is -5.81. The summed E-state index contributed by atoms with van der Waals surface area (Å²) in [6, 6.07) is 0. The lowest BCUT2D eigenvalue weighted by molar-refractivity contribution is -0.360. The van der Waals surface area contributed by atoms with Crippen LogP contribution in [0.1, 0.15) is 401 Å². The number of carbonyl (C=O) groups excluding carboxylic acids is 4. The van der Waals surface area contributed by atoms with Crippen LogP contribution in [-0.4, -0.2) is 205 Å². The van der Waals surface area contributed by atoms with E-state index in [1.165, 1.54) is 167 Å². The van der Waals surface area contributed by atoms with Gasteiger partial charge in [0.1, 0.15) is 92.6 Å². The summed E-state index contributed by atoms with van der Waals surface area (Å²) in [5.41, 5.74) is 0. The molecule has 26 heteroatoms. The molecule has 118 heavy (non-hydrogen) atoms. The highest BCUT2D eigenvalue weighted by molar-refractivity contribution is 7.47. The number of rotatable bonds is 76. The lowest BCUT2D eigenvalue weighted by atomic mass is 9.84. The van der Waals surface area contributed by atoms with E-state index >= 15 is 0 Å². The van der Waals surface area contributed by atoms with E-state index in [4.69, 9.17) is 46.9 Å². The molecule has 10 N–H and O–H groups in total. The number of esters is 4. The Balaban J connectivity index is 1.93. The summed E-state index contributed by atoms with van der Waals surface area (Å²) in [7, 11) is -5.81. The van der Waals surface area contributed by atoms with Crippen molar-refractivity contribution in [3.05, 3.63) is 24.3 Å². The number of allylic oxidation sites excluding steroid dienone is 4. The van der Waals surface area contributed by atoms with Crippen molar-refractivity contribution in [1.82, 2.24) is 0 Å². The monoisotopic (exact) mass is 1710 g/mol. The molecule has 3 rings (SSSR count). The number of hydrogen-bond acceptors (Lipinski definition) is 24. The first-order valence-corrected chi connectivity index (χ1v) is 49.0. The standard InChI is InChI=1S/C92H169O25P/c1-6-10-14-18-22-25-28-31-33-36-39-41-44-51-57-63-75(94)108-68-72(111-77(96)65-59-54-48-47-50-56-62-71(5)61-55-49-21-17-13-9-4)69-110-118(106,107)117-90-88(115-91-85(104)81(100)79(98)73(67-93)112-91)84(103)83(102)87(114-78(97)66-60-53-46-43-40-37-34-32-29-26-23-19-15-11-7-2)89(90)116-92-86(105)82(101)80(99)74(113-92)70-109-76(95)64-58-52-45-42-38-35-30-27-24-20-16-12-8-3/h26,29,35,38,71-74,79-93,98-105H,6-25,27-28,30-34,36-37,39-70H2,1-5H3,(H,106,107)/b29-26-,38-35-. The number of aliphatic hydroxyl groups is 9. The van der Waals surface area contributed by atoms with Gasteiger partial charge in [0.25, 0.3) is 0 Å². The zero-order valence-electron chi connectivity index (χ0n) is 73.9. The topological polar surface area (TPSA) is 380 Å². The summed E-state index contributed by atoms with van der Waals surface area (Å²) in [6.45, 7) is 7.90. The first kappa shape index (κ1) is 109. The van der Waals surface area contributed by atoms with Gasteiger partial charge >= 0.3 is 31.7 Å². The van der Waals surface area contributed by atoms with Crippen molar-refractivity contribution in [2.75, 3.05) is 26.4 Å². The van der Waals surface area contributed by atoms with E-state index in [-0.39, 0.29) is 25.7 Å². The van der Waals surface area contributed by atoms with Crippen molar-refractivity contribution in [2.24, 2.45) is 5.92 Å². The molecule has 0 aromatic rings. The molecule has 19 unspecified atom stereocenters. The van der Waals surface area contributed by atoms with Crippen molar-refractivity contribution in [3.8, 4) is 0 Å². The number of hydrogen-bond donors (Lipinski definition) is 10. The number of ether oxygens (including phenoxy) is 8. The number of aliphatic hydroxyl groups excluding tert-OH is 9. The SMILES string of the molecule is CCCCCC/C=C\CCCCCCCCCC(=O)OC1C(O)C(O)C(OC2OC(CO)C(O)C(O)C2O)C(OP(=O)(O)OCC(COC(=O)CCCCCCCCCCCCCCCCC)OC(=O)CCCCCCCCC(C)CCCCCCCC)C1OC1OC(COC(=O)CCCCC/C=C\CCCCCCCC)C(O)C(O)C1O. The molecule has 3 aliphatic rings. The lowest BCUT2D eigenvalue weighted by Crippen LogP contribution is -2.70. The summed E-state index contributed by atoms with van der Waals surface area (Å²) in [5, 5.41) is 102. The van der Waals surface area contributed by atoms with Crippen LogP contribution in [0.2, 0.25) is 0 Å². The van der Waals surface area contributed by atoms with Crippen molar-refractivity contribution < 1.29 is 122 Å². The van der Waals surface area contributed by atoms with E-state index in [1.807, 2.05) is 0 Å². The van der Waals surface area contributed by atoms with Crippen molar-refractivity contribution in [3.63, 3.8) is 0 Å². The quantitative estimate of drug-likeness (QED) is 0.00889. The third-order valence-electron chi connectivity index (χ3n) is 23.3. The Bertz CT molecular complexity index is 2570. The van der Waals surface area contributed by atoms with Gasteiger partial charge in [-0.2, -0.15) is 0 Å². The van der Waals surface area contributed by atoms with Crippen LogP contribution in [0.5, 0.6) is 0 Å². The molecule has 1 aliphatic carbocycles. The van der Waals surface area contributed by atoms with Crippen molar-refractivity contribution >= 4 is 31.7 Å². The fraction of sp³-hybridized carbons (Fsp3) is 0.913. The van der Waals surface area contributed by atoms with E-state index in [1.54, 1.807) is 0 Å². The van der Waals surface area contributed by atoms with Crippen LogP contribution < -0.4 is 0 Å². The van der Waals surface area contributed by atoms with Gasteiger partial charge in [0.05, 0.1) is 13.2 Å². The van der Waals surface area contributed by atoms with Gasteiger partial charge in [-0.1, -0.05) is 322 Å². The summed E-state index contributed by atoms with van der Waals surface area (Å²) in [5.74, 6) is -2.31. The largest absolute Gasteiger partial charge is 0.472 e. The van der Waals surface area contributed by atoms with E-state index in [0.717, 1.165) is 135 Å². The zero-order chi connectivity index (χ0) is 86.2. The molecule has 2 heterocycles. The highest BCUT2D eigenvalue weighted by Gasteiger charge is 2.60. The average Bonchev–Trinajstić information content (AvgIpc) is 0.755. The Morgan fingerprint density at radius 1 is 0.356 bits per heavy atom. The molecule has 19 atom stereocenters. The van der Waals surface area contributed by atoms with Gasteiger partial charge in [-0.3, -0.25) is 28.2 Å². The normalized spacial score (nSPS) is 25.3. The van der Waals surface area contributed by atoms with Gasteiger partial charge in [0.2, 0.25) is 0 Å². The van der Waals surface area contributed by atoms with Gasteiger partial charge in [0, 0.05) is 25.7 Å². The maximum atomic E-state index is 14.9. The Hall–Kier alpha value is -3.05. The Labute approximate surface area is 711 Å². The van der Waals surface area contributed by atoms with Gasteiger partial charge in [-0.25, -0.2) is 4.57 Å². The number of phosphoric ester groups is 1. The highest BCUT2D eigenvalue weighted by Crippen LogP contribution is 2.49. The number of unbranched alkanes of at least 4 members (excludes halogenated alkanes) is 44. The molecule has 0 aromatic heterocycles. The van der Waals surface area contributed by atoms with Crippen LogP contribution >= 0.6 is 7.82 Å². The second kappa shape index (κ2) is 70.2. The molecule has 0 aromatic carbocycles. The molecule has 25 nitrogen and oxygen atoms in total. The molecule has 3 fully saturated rings. The van der Waals surface area contributed by atoms with Gasteiger partial charge in [0.15, 0.2) is 24.8 Å². The third-order valence-corrected chi connectivity index (χ3v) is 24.3. The molecule has 0 amide bonds. The molecule has 2 saturated heterocycles. The molecule has 692 valence electrons. The second-order valence-corrected chi connectivity index (χ2v) is 35.6. The Kier molecular flexibility index (Phi) is 64.9. The summed E-state index contributed by atoms with van der Waals surface area (Å²) < 4.78 is 73.5. The number of carbonyl (C=O) groups is 4. The maximum absolute atomic E-state index is 14.9.